The highest BCUT2D eigenvalue weighted by Gasteiger charge is 2.20. The van der Waals surface area contributed by atoms with Crippen LogP contribution in [0.2, 0.25) is 0 Å². The van der Waals surface area contributed by atoms with Gasteiger partial charge in [0.25, 0.3) is 0 Å². The van der Waals surface area contributed by atoms with Crippen molar-refractivity contribution in [2.24, 2.45) is 0 Å². The van der Waals surface area contributed by atoms with Crippen molar-refractivity contribution in [3.8, 4) is 0 Å². The molecule has 0 fully saturated rings. The Kier molecular flexibility index (Phi) is 3.32. The van der Waals surface area contributed by atoms with Crippen LogP contribution in [-0.4, -0.2) is 6.54 Å². The van der Waals surface area contributed by atoms with E-state index in [9.17, 15) is 4.39 Å². The van der Waals surface area contributed by atoms with Gasteiger partial charge in [-0.2, -0.15) is 0 Å². The highest BCUT2D eigenvalue weighted by molar-refractivity contribution is 5.61. The molecule has 1 aliphatic rings. The molecule has 2 heteroatoms. The van der Waals surface area contributed by atoms with E-state index >= 15 is 0 Å². The van der Waals surface area contributed by atoms with Crippen LogP contribution < -0.4 is 4.90 Å². The van der Waals surface area contributed by atoms with Gasteiger partial charge in [0.15, 0.2) is 0 Å². The van der Waals surface area contributed by atoms with E-state index in [1.807, 2.05) is 6.07 Å². The third-order valence-electron chi connectivity index (χ3n) is 3.28. The standard InChI is InChI=1S/C15H18FN/c1-4-11(2)10-17-12(3)5-6-13-7-8-14(16)9-15(13)17/h7-9H,2-6,10H2,1H3. The normalized spacial score (nSPS) is 14.7. The summed E-state index contributed by atoms with van der Waals surface area (Å²) in [4.78, 5) is 2.09. The summed E-state index contributed by atoms with van der Waals surface area (Å²) in [5.74, 6) is -0.189. The third kappa shape index (κ3) is 2.41. The second-order valence-corrected chi connectivity index (χ2v) is 4.53. The van der Waals surface area contributed by atoms with E-state index in [-0.39, 0.29) is 5.82 Å². The molecule has 1 heterocycles. The highest BCUT2D eigenvalue weighted by atomic mass is 19.1. The Hall–Kier alpha value is -1.57. The number of hydrogen-bond acceptors (Lipinski definition) is 1. The SMILES string of the molecule is C=C(CC)CN1C(=C)CCc2ccc(F)cc21. The predicted octanol–water partition coefficient (Wildman–Crippen LogP) is 4.06. The lowest BCUT2D eigenvalue weighted by atomic mass is 9.99. The van der Waals surface area contributed by atoms with Crippen molar-refractivity contribution in [1.82, 2.24) is 0 Å². The van der Waals surface area contributed by atoms with Gasteiger partial charge in [-0.15, -0.1) is 0 Å². The topological polar surface area (TPSA) is 3.24 Å². The van der Waals surface area contributed by atoms with Crippen LogP contribution >= 0.6 is 0 Å². The fourth-order valence-electron chi connectivity index (χ4n) is 2.12. The Morgan fingerprint density at radius 3 is 2.88 bits per heavy atom. The number of halogens is 1. The molecule has 0 unspecified atom stereocenters. The summed E-state index contributed by atoms with van der Waals surface area (Å²) < 4.78 is 13.3. The average molecular weight is 231 g/mol. The van der Waals surface area contributed by atoms with Gasteiger partial charge in [0.2, 0.25) is 0 Å². The molecule has 17 heavy (non-hydrogen) atoms. The number of rotatable bonds is 3. The summed E-state index contributed by atoms with van der Waals surface area (Å²) in [6.45, 7) is 10.9. The summed E-state index contributed by atoms with van der Waals surface area (Å²) in [5.41, 5.74) is 4.35. The minimum atomic E-state index is -0.189. The lowest BCUT2D eigenvalue weighted by Gasteiger charge is -2.33. The van der Waals surface area contributed by atoms with Gasteiger partial charge in [0.1, 0.15) is 5.82 Å². The first-order valence-electron chi connectivity index (χ1n) is 6.02. The lowest BCUT2D eigenvalue weighted by Crippen LogP contribution is -2.28. The van der Waals surface area contributed by atoms with E-state index in [2.05, 4.69) is 25.0 Å². The molecule has 0 aliphatic carbocycles. The number of fused-ring (bicyclic) bond motifs is 1. The highest BCUT2D eigenvalue weighted by Crippen LogP contribution is 2.33. The molecule has 90 valence electrons. The second-order valence-electron chi connectivity index (χ2n) is 4.53. The molecule has 0 radical (unpaired) electrons. The molecular weight excluding hydrogens is 213 g/mol. The van der Waals surface area contributed by atoms with Gasteiger partial charge in [-0.3, -0.25) is 0 Å². The molecule has 1 nitrogen and oxygen atoms in total. The van der Waals surface area contributed by atoms with E-state index in [0.29, 0.717) is 0 Å². The largest absolute Gasteiger partial charge is 0.341 e. The van der Waals surface area contributed by atoms with E-state index in [0.717, 1.165) is 42.8 Å². The predicted molar refractivity (Wildman–Crippen MR) is 70.6 cm³/mol. The van der Waals surface area contributed by atoms with Crippen LogP contribution in [0.4, 0.5) is 10.1 Å². The molecule has 0 aromatic heterocycles. The zero-order valence-electron chi connectivity index (χ0n) is 10.3. The minimum Gasteiger partial charge on any atom is -0.341 e. The Morgan fingerprint density at radius 1 is 1.41 bits per heavy atom. The summed E-state index contributed by atoms with van der Waals surface area (Å²) >= 11 is 0. The van der Waals surface area contributed by atoms with Crippen molar-refractivity contribution in [3.05, 3.63) is 54.0 Å². The fourth-order valence-corrected chi connectivity index (χ4v) is 2.12. The molecule has 0 N–H and O–H groups in total. The molecule has 0 bridgehead atoms. The maximum Gasteiger partial charge on any atom is 0.125 e. The van der Waals surface area contributed by atoms with Gasteiger partial charge in [0.05, 0.1) is 0 Å². The summed E-state index contributed by atoms with van der Waals surface area (Å²) in [6.07, 6.45) is 2.83. The Morgan fingerprint density at radius 2 is 2.18 bits per heavy atom. The molecule has 0 saturated carbocycles. The van der Waals surface area contributed by atoms with E-state index in [1.165, 1.54) is 11.6 Å². The van der Waals surface area contributed by atoms with Crippen LogP contribution in [0.15, 0.2) is 42.6 Å². The van der Waals surface area contributed by atoms with Crippen LogP contribution in [-0.2, 0) is 6.42 Å². The van der Waals surface area contributed by atoms with Crippen LogP contribution in [0.3, 0.4) is 0 Å². The van der Waals surface area contributed by atoms with Crippen molar-refractivity contribution >= 4 is 5.69 Å². The Labute approximate surface area is 102 Å². The minimum absolute atomic E-state index is 0.189. The average Bonchev–Trinajstić information content (AvgIpc) is 2.32. The second kappa shape index (κ2) is 4.74. The maximum atomic E-state index is 13.3. The van der Waals surface area contributed by atoms with Gasteiger partial charge < -0.3 is 4.90 Å². The van der Waals surface area contributed by atoms with Crippen molar-refractivity contribution in [2.45, 2.75) is 26.2 Å². The first-order chi connectivity index (χ1) is 8.11. The molecule has 1 aliphatic heterocycles. The van der Waals surface area contributed by atoms with Crippen LogP contribution in [0.5, 0.6) is 0 Å². The lowest BCUT2D eigenvalue weighted by molar-refractivity contribution is 0.624. The molecule has 0 saturated heterocycles. The maximum absolute atomic E-state index is 13.3. The van der Waals surface area contributed by atoms with Gasteiger partial charge >= 0.3 is 0 Å². The van der Waals surface area contributed by atoms with Crippen molar-refractivity contribution < 1.29 is 4.39 Å². The Balaban J connectivity index is 2.35. The molecule has 0 spiro atoms. The zero-order chi connectivity index (χ0) is 12.4. The molecule has 1 aromatic rings. The van der Waals surface area contributed by atoms with Gasteiger partial charge in [0, 0.05) is 17.9 Å². The van der Waals surface area contributed by atoms with Gasteiger partial charge in [-0.25, -0.2) is 4.39 Å². The fraction of sp³-hybridized carbons (Fsp3) is 0.333. The number of benzene rings is 1. The Bertz CT molecular complexity index is 462. The third-order valence-corrected chi connectivity index (χ3v) is 3.28. The van der Waals surface area contributed by atoms with Gasteiger partial charge in [-0.05, 0) is 37.0 Å². The first kappa shape index (κ1) is 11.9. The molecule has 0 atom stereocenters. The number of nitrogens with zero attached hydrogens (tertiary/aromatic N) is 1. The quantitative estimate of drug-likeness (QED) is 0.709. The zero-order valence-corrected chi connectivity index (χ0v) is 10.3. The molecule has 1 aromatic carbocycles. The smallest absolute Gasteiger partial charge is 0.125 e. The summed E-state index contributed by atoms with van der Waals surface area (Å²) in [7, 11) is 0. The molecule has 0 amide bonds. The monoisotopic (exact) mass is 231 g/mol. The molecule has 2 rings (SSSR count). The summed E-state index contributed by atoms with van der Waals surface area (Å²) in [5, 5.41) is 0. The number of anilines is 1. The van der Waals surface area contributed by atoms with Gasteiger partial charge in [-0.1, -0.05) is 31.7 Å². The molecular formula is C15H18FN. The van der Waals surface area contributed by atoms with Crippen LogP contribution in [0, 0.1) is 5.82 Å². The van der Waals surface area contributed by atoms with E-state index in [1.54, 1.807) is 6.07 Å². The van der Waals surface area contributed by atoms with E-state index < -0.39 is 0 Å². The first-order valence-corrected chi connectivity index (χ1v) is 6.02. The van der Waals surface area contributed by atoms with Crippen LogP contribution in [0.1, 0.15) is 25.3 Å². The van der Waals surface area contributed by atoms with Crippen LogP contribution in [0.25, 0.3) is 0 Å². The number of hydrogen-bond donors (Lipinski definition) is 0. The van der Waals surface area contributed by atoms with Crippen molar-refractivity contribution in [2.75, 3.05) is 11.4 Å². The van der Waals surface area contributed by atoms with Crippen molar-refractivity contribution in [1.29, 1.82) is 0 Å². The van der Waals surface area contributed by atoms with E-state index in [4.69, 9.17) is 0 Å². The van der Waals surface area contributed by atoms with Crippen molar-refractivity contribution in [3.63, 3.8) is 0 Å². The number of aryl methyl sites for hydroxylation is 1. The number of allylic oxidation sites excluding steroid dienone is 1. The summed E-state index contributed by atoms with van der Waals surface area (Å²) in [6, 6.07) is 5.00.